The largest absolute Gasteiger partial charge is 0.461 e. The van der Waals surface area contributed by atoms with Crippen LogP contribution in [0.1, 0.15) is 50.5 Å². The van der Waals surface area contributed by atoms with Gasteiger partial charge in [-0.1, -0.05) is 24.3 Å². The van der Waals surface area contributed by atoms with Gasteiger partial charge in [0.25, 0.3) is 0 Å². The van der Waals surface area contributed by atoms with Crippen LogP contribution in [-0.2, 0) is 32.1 Å². The summed E-state index contributed by atoms with van der Waals surface area (Å²) >= 11 is 0. The first-order valence-corrected chi connectivity index (χ1v) is 8.14. The molecule has 126 valence electrons. The van der Waals surface area contributed by atoms with Crippen molar-refractivity contribution in [3.05, 3.63) is 47.0 Å². The molecular formula is C20H22O4. The van der Waals surface area contributed by atoms with Gasteiger partial charge in [0.15, 0.2) is 0 Å². The Balaban J connectivity index is 1.92. The van der Waals surface area contributed by atoms with E-state index in [0.29, 0.717) is 6.42 Å². The Morgan fingerprint density at radius 3 is 2.62 bits per heavy atom. The predicted molar refractivity (Wildman–Crippen MR) is 91.4 cm³/mol. The van der Waals surface area contributed by atoms with Gasteiger partial charge in [0, 0.05) is 18.9 Å². The maximum atomic E-state index is 12.3. The van der Waals surface area contributed by atoms with E-state index in [1.54, 1.807) is 0 Å². The summed E-state index contributed by atoms with van der Waals surface area (Å²) in [5.41, 5.74) is 2.62. The number of hydrogen-bond donors (Lipinski definition) is 0. The molecule has 0 fully saturated rings. The van der Waals surface area contributed by atoms with Gasteiger partial charge in [-0.3, -0.25) is 9.59 Å². The average Bonchev–Trinajstić information content (AvgIpc) is 2.84. The fourth-order valence-electron chi connectivity index (χ4n) is 3.04. The Bertz CT molecular complexity index is 814. The van der Waals surface area contributed by atoms with Crippen LogP contribution in [0.2, 0.25) is 0 Å². The summed E-state index contributed by atoms with van der Waals surface area (Å²) in [5.74, 6) is -0.491. The SMILES string of the molecule is CC(=O)OCc1cc2c3c(cccc3c1)C(OC(=O)C(C)(C)C)C2. The van der Waals surface area contributed by atoms with Crippen LogP contribution in [0, 0.1) is 5.41 Å². The maximum absolute atomic E-state index is 12.3. The molecule has 0 radical (unpaired) electrons. The highest BCUT2D eigenvalue weighted by atomic mass is 16.5. The van der Waals surface area contributed by atoms with E-state index in [4.69, 9.17) is 9.47 Å². The van der Waals surface area contributed by atoms with Crippen LogP contribution in [0.4, 0.5) is 0 Å². The summed E-state index contributed by atoms with van der Waals surface area (Å²) in [6, 6.07) is 10.1. The second-order valence-corrected chi connectivity index (χ2v) is 7.33. The zero-order chi connectivity index (χ0) is 17.5. The summed E-state index contributed by atoms with van der Waals surface area (Å²) in [7, 11) is 0. The Morgan fingerprint density at radius 2 is 1.96 bits per heavy atom. The fourth-order valence-corrected chi connectivity index (χ4v) is 3.04. The number of carbonyl (C=O) groups is 2. The van der Waals surface area contributed by atoms with Crippen molar-refractivity contribution in [3.63, 3.8) is 0 Å². The zero-order valence-corrected chi connectivity index (χ0v) is 14.5. The molecule has 0 bridgehead atoms. The molecule has 1 aliphatic rings. The number of benzene rings is 2. The summed E-state index contributed by atoms with van der Waals surface area (Å²) in [6.45, 7) is 7.23. The molecule has 4 nitrogen and oxygen atoms in total. The van der Waals surface area contributed by atoms with E-state index in [1.165, 1.54) is 6.92 Å². The third-order valence-electron chi connectivity index (χ3n) is 4.21. The van der Waals surface area contributed by atoms with Gasteiger partial charge in [0.1, 0.15) is 12.7 Å². The standard InChI is InChI=1S/C20H22O4/c1-12(21)23-11-13-8-14-6-5-7-16-17(10-15(9-13)18(14)16)24-19(22)20(2,3)4/h5-9,17H,10-11H2,1-4H3. The number of hydrogen-bond acceptors (Lipinski definition) is 4. The van der Waals surface area contributed by atoms with Crippen molar-refractivity contribution >= 4 is 22.7 Å². The average molecular weight is 326 g/mol. The van der Waals surface area contributed by atoms with Gasteiger partial charge < -0.3 is 9.47 Å². The molecular weight excluding hydrogens is 304 g/mol. The van der Waals surface area contributed by atoms with Gasteiger partial charge in [-0.15, -0.1) is 0 Å². The maximum Gasteiger partial charge on any atom is 0.311 e. The molecule has 0 spiro atoms. The van der Waals surface area contributed by atoms with E-state index in [9.17, 15) is 9.59 Å². The minimum atomic E-state index is -0.525. The van der Waals surface area contributed by atoms with Gasteiger partial charge >= 0.3 is 11.9 Å². The molecule has 2 aromatic rings. The van der Waals surface area contributed by atoms with E-state index in [2.05, 4.69) is 0 Å². The van der Waals surface area contributed by atoms with Crippen LogP contribution in [0.3, 0.4) is 0 Å². The lowest BCUT2D eigenvalue weighted by molar-refractivity contribution is -0.158. The Hall–Kier alpha value is -2.36. The Morgan fingerprint density at radius 1 is 1.21 bits per heavy atom. The van der Waals surface area contributed by atoms with Crippen molar-refractivity contribution in [2.45, 2.75) is 46.8 Å². The Kier molecular flexibility index (Phi) is 4.08. The van der Waals surface area contributed by atoms with E-state index in [0.717, 1.165) is 27.5 Å². The summed E-state index contributed by atoms with van der Waals surface area (Å²) < 4.78 is 10.9. The quantitative estimate of drug-likeness (QED) is 0.797. The summed E-state index contributed by atoms with van der Waals surface area (Å²) in [6.07, 6.45) is 0.408. The number of esters is 2. The molecule has 0 saturated heterocycles. The van der Waals surface area contributed by atoms with Crippen LogP contribution in [0.15, 0.2) is 30.3 Å². The molecule has 0 amide bonds. The lowest BCUT2D eigenvalue weighted by Crippen LogP contribution is -2.24. The van der Waals surface area contributed by atoms with Gasteiger partial charge in [0.05, 0.1) is 5.41 Å². The molecule has 1 aliphatic carbocycles. The first kappa shape index (κ1) is 16.5. The molecule has 0 aromatic heterocycles. The highest BCUT2D eigenvalue weighted by molar-refractivity contribution is 5.92. The molecule has 0 N–H and O–H groups in total. The van der Waals surface area contributed by atoms with Crippen LogP contribution in [0.25, 0.3) is 10.8 Å². The first-order chi connectivity index (χ1) is 11.3. The number of carbonyl (C=O) groups excluding carboxylic acids is 2. The summed E-state index contributed by atoms with van der Waals surface area (Å²) in [4.78, 5) is 23.3. The topological polar surface area (TPSA) is 52.6 Å². The molecule has 0 aliphatic heterocycles. The highest BCUT2D eigenvalue weighted by Gasteiger charge is 2.32. The highest BCUT2D eigenvalue weighted by Crippen LogP contribution is 2.40. The lowest BCUT2D eigenvalue weighted by atomic mass is 9.97. The lowest BCUT2D eigenvalue weighted by Gasteiger charge is -2.21. The molecule has 0 heterocycles. The molecule has 4 heteroatoms. The second kappa shape index (κ2) is 5.93. The third-order valence-corrected chi connectivity index (χ3v) is 4.21. The fraction of sp³-hybridized carbons (Fsp3) is 0.400. The summed E-state index contributed by atoms with van der Waals surface area (Å²) in [5, 5.41) is 2.23. The third kappa shape index (κ3) is 3.14. The molecule has 2 aromatic carbocycles. The number of rotatable bonds is 3. The number of ether oxygens (including phenoxy) is 2. The molecule has 3 rings (SSSR count). The normalized spacial score (nSPS) is 16.2. The molecule has 0 saturated carbocycles. The van der Waals surface area contributed by atoms with E-state index >= 15 is 0 Å². The van der Waals surface area contributed by atoms with E-state index in [1.807, 2.05) is 51.1 Å². The van der Waals surface area contributed by atoms with Crippen LogP contribution >= 0.6 is 0 Å². The van der Waals surface area contributed by atoms with Gasteiger partial charge in [-0.05, 0) is 48.7 Å². The van der Waals surface area contributed by atoms with Crippen molar-refractivity contribution < 1.29 is 19.1 Å². The van der Waals surface area contributed by atoms with Gasteiger partial charge in [-0.25, -0.2) is 0 Å². The predicted octanol–water partition coefficient (Wildman–Crippen LogP) is 4.09. The zero-order valence-electron chi connectivity index (χ0n) is 14.5. The van der Waals surface area contributed by atoms with Crippen LogP contribution < -0.4 is 0 Å². The second-order valence-electron chi connectivity index (χ2n) is 7.33. The molecule has 24 heavy (non-hydrogen) atoms. The van der Waals surface area contributed by atoms with Crippen molar-refractivity contribution in [2.75, 3.05) is 0 Å². The minimum absolute atomic E-state index is 0.197. The Labute approximate surface area is 141 Å². The van der Waals surface area contributed by atoms with Crippen molar-refractivity contribution in [2.24, 2.45) is 5.41 Å². The van der Waals surface area contributed by atoms with E-state index < -0.39 is 5.41 Å². The van der Waals surface area contributed by atoms with Crippen LogP contribution in [0.5, 0.6) is 0 Å². The van der Waals surface area contributed by atoms with Gasteiger partial charge in [0.2, 0.25) is 0 Å². The van der Waals surface area contributed by atoms with E-state index in [-0.39, 0.29) is 24.6 Å². The van der Waals surface area contributed by atoms with Gasteiger partial charge in [-0.2, -0.15) is 0 Å². The smallest absolute Gasteiger partial charge is 0.311 e. The van der Waals surface area contributed by atoms with Crippen molar-refractivity contribution in [1.82, 2.24) is 0 Å². The molecule has 1 unspecified atom stereocenters. The monoisotopic (exact) mass is 326 g/mol. The van der Waals surface area contributed by atoms with Crippen LogP contribution in [-0.4, -0.2) is 11.9 Å². The van der Waals surface area contributed by atoms with Crippen molar-refractivity contribution in [3.8, 4) is 0 Å². The first-order valence-electron chi connectivity index (χ1n) is 8.14. The minimum Gasteiger partial charge on any atom is -0.461 e. The van der Waals surface area contributed by atoms with Crippen molar-refractivity contribution in [1.29, 1.82) is 0 Å². The molecule has 1 atom stereocenters.